The highest BCUT2D eigenvalue weighted by Gasteiger charge is 2.40. The minimum Gasteiger partial charge on any atom is -0.389 e. The Morgan fingerprint density at radius 1 is 0.850 bits per heavy atom. The molecule has 0 amide bonds. The van der Waals surface area contributed by atoms with Gasteiger partial charge in [0.05, 0.1) is 6.10 Å². The van der Waals surface area contributed by atoms with Crippen LogP contribution >= 0.6 is 0 Å². The van der Waals surface area contributed by atoms with Crippen molar-refractivity contribution in [2.24, 2.45) is 0 Å². The van der Waals surface area contributed by atoms with Gasteiger partial charge in [0.25, 0.3) is 0 Å². The molecule has 20 heavy (non-hydrogen) atoms. The van der Waals surface area contributed by atoms with Crippen LogP contribution in [0.3, 0.4) is 0 Å². The smallest absolute Gasteiger partial charge is 0.139 e. The Kier molecular flexibility index (Phi) is 3.43. The van der Waals surface area contributed by atoms with Gasteiger partial charge in [0.15, 0.2) is 0 Å². The lowest BCUT2D eigenvalue weighted by molar-refractivity contribution is 0.0840. The first kappa shape index (κ1) is 13.1. The van der Waals surface area contributed by atoms with Crippen molar-refractivity contribution in [3.8, 4) is 0 Å². The fraction of sp³-hybridized carbons (Fsp3) is 0.222. The number of aliphatic hydroxyl groups is 2. The molecule has 1 unspecified atom stereocenters. The molecule has 0 saturated heterocycles. The van der Waals surface area contributed by atoms with E-state index in [4.69, 9.17) is 0 Å². The van der Waals surface area contributed by atoms with Crippen molar-refractivity contribution >= 4 is 0 Å². The second-order valence-electron chi connectivity index (χ2n) is 5.20. The summed E-state index contributed by atoms with van der Waals surface area (Å²) >= 11 is 0. The summed E-state index contributed by atoms with van der Waals surface area (Å²) in [5, 5.41) is 21.6. The third-order valence-corrected chi connectivity index (χ3v) is 3.96. The van der Waals surface area contributed by atoms with Gasteiger partial charge in [-0.3, -0.25) is 0 Å². The van der Waals surface area contributed by atoms with Gasteiger partial charge in [-0.05, 0) is 29.5 Å². The Balaban J connectivity index is 2.18. The summed E-state index contributed by atoms with van der Waals surface area (Å²) in [5.74, 6) is 0. The van der Waals surface area contributed by atoms with E-state index in [0.717, 1.165) is 17.5 Å². The second kappa shape index (κ2) is 5.23. The molecule has 2 aromatic carbocycles. The quantitative estimate of drug-likeness (QED) is 0.838. The first-order chi connectivity index (χ1) is 9.73. The van der Waals surface area contributed by atoms with Crippen molar-refractivity contribution in [2.75, 3.05) is 0 Å². The SMILES string of the molecule is OC1CCC=C1C(O)(c1ccccc1)c1ccccc1. The number of benzene rings is 2. The van der Waals surface area contributed by atoms with Gasteiger partial charge in [-0.1, -0.05) is 66.7 Å². The van der Waals surface area contributed by atoms with Crippen molar-refractivity contribution in [1.82, 2.24) is 0 Å². The zero-order valence-electron chi connectivity index (χ0n) is 11.2. The van der Waals surface area contributed by atoms with Crippen molar-refractivity contribution in [2.45, 2.75) is 24.5 Å². The minimum atomic E-state index is -1.25. The van der Waals surface area contributed by atoms with Crippen LogP contribution in [-0.4, -0.2) is 16.3 Å². The van der Waals surface area contributed by atoms with E-state index in [0.29, 0.717) is 12.0 Å². The van der Waals surface area contributed by atoms with Gasteiger partial charge in [-0.15, -0.1) is 0 Å². The molecule has 2 aromatic rings. The van der Waals surface area contributed by atoms with E-state index in [1.165, 1.54) is 0 Å². The maximum Gasteiger partial charge on any atom is 0.139 e. The van der Waals surface area contributed by atoms with E-state index in [-0.39, 0.29) is 0 Å². The average molecular weight is 266 g/mol. The van der Waals surface area contributed by atoms with Crippen LogP contribution in [0.15, 0.2) is 72.3 Å². The molecule has 0 saturated carbocycles. The first-order valence-corrected chi connectivity index (χ1v) is 6.95. The Morgan fingerprint density at radius 2 is 1.35 bits per heavy atom. The molecular formula is C18H18O2. The molecule has 1 atom stereocenters. The zero-order chi connectivity index (χ0) is 14.0. The van der Waals surface area contributed by atoms with Gasteiger partial charge in [0.1, 0.15) is 5.60 Å². The lowest BCUT2D eigenvalue weighted by Crippen LogP contribution is -2.34. The van der Waals surface area contributed by atoms with Crippen LogP contribution in [0.2, 0.25) is 0 Å². The molecule has 0 aliphatic heterocycles. The number of allylic oxidation sites excluding steroid dienone is 1. The predicted octanol–water partition coefficient (Wildman–Crippen LogP) is 3.00. The van der Waals surface area contributed by atoms with Crippen molar-refractivity contribution in [3.63, 3.8) is 0 Å². The molecular weight excluding hydrogens is 248 g/mol. The molecule has 102 valence electrons. The first-order valence-electron chi connectivity index (χ1n) is 6.95. The molecule has 0 heterocycles. The van der Waals surface area contributed by atoms with E-state index < -0.39 is 11.7 Å². The molecule has 2 heteroatoms. The monoisotopic (exact) mass is 266 g/mol. The third kappa shape index (κ3) is 2.07. The molecule has 1 aliphatic rings. The van der Waals surface area contributed by atoms with E-state index in [2.05, 4.69) is 0 Å². The van der Waals surface area contributed by atoms with Crippen LogP contribution in [0.25, 0.3) is 0 Å². The zero-order valence-corrected chi connectivity index (χ0v) is 11.2. The summed E-state index contributed by atoms with van der Waals surface area (Å²) in [5.41, 5.74) is 1.02. The highest BCUT2D eigenvalue weighted by Crippen LogP contribution is 2.41. The van der Waals surface area contributed by atoms with Crippen LogP contribution in [-0.2, 0) is 5.60 Å². The summed E-state index contributed by atoms with van der Waals surface area (Å²) in [7, 11) is 0. The Labute approximate surface area is 119 Å². The van der Waals surface area contributed by atoms with Gasteiger partial charge in [-0.2, -0.15) is 0 Å². The number of rotatable bonds is 3. The summed E-state index contributed by atoms with van der Waals surface area (Å²) in [6.07, 6.45) is 2.86. The van der Waals surface area contributed by atoms with Crippen LogP contribution in [0.4, 0.5) is 0 Å². The van der Waals surface area contributed by atoms with Crippen molar-refractivity contribution in [3.05, 3.63) is 83.4 Å². The lowest BCUT2D eigenvalue weighted by atomic mass is 9.79. The maximum atomic E-state index is 11.4. The standard InChI is InChI=1S/C18H18O2/c19-17-13-7-12-16(17)18(20,14-8-3-1-4-9-14)15-10-5-2-6-11-15/h1-6,8-12,17,19-20H,7,13H2. The minimum absolute atomic E-state index is 0.583. The molecule has 0 radical (unpaired) electrons. The predicted molar refractivity (Wildman–Crippen MR) is 79.2 cm³/mol. The van der Waals surface area contributed by atoms with Crippen LogP contribution < -0.4 is 0 Å². The Morgan fingerprint density at radius 3 is 1.75 bits per heavy atom. The number of hydrogen-bond donors (Lipinski definition) is 2. The molecule has 0 spiro atoms. The van der Waals surface area contributed by atoms with E-state index in [1.807, 2.05) is 66.7 Å². The largest absolute Gasteiger partial charge is 0.389 e. The van der Waals surface area contributed by atoms with Crippen molar-refractivity contribution < 1.29 is 10.2 Å². The molecule has 1 aliphatic carbocycles. The Hall–Kier alpha value is -1.90. The highest BCUT2D eigenvalue weighted by atomic mass is 16.3. The molecule has 3 rings (SSSR count). The van der Waals surface area contributed by atoms with Gasteiger partial charge in [0.2, 0.25) is 0 Å². The number of hydrogen-bond acceptors (Lipinski definition) is 2. The van der Waals surface area contributed by atoms with Crippen LogP contribution in [0.5, 0.6) is 0 Å². The summed E-state index contributed by atoms with van der Waals surface area (Å²) < 4.78 is 0. The summed E-state index contributed by atoms with van der Waals surface area (Å²) in [4.78, 5) is 0. The summed E-state index contributed by atoms with van der Waals surface area (Å²) in [6.45, 7) is 0. The van der Waals surface area contributed by atoms with E-state index >= 15 is 0 Å². The van der Waals surface area contributed by atoms with Gasteiger partial charge < -0.3 is 10.2 Å². The van der Waals surface area contributed by atoms with E-state index in [9.17, 15) is 10.2 Å². The topological polar surface area (TPSA) is 40.5 Å². The van der Waals surface area contributed by atoms with Gasteiger partial charge >= 0.3 is 0 Å². The van der Waals surface area contributed by atoms with Gasteiger partial charge in [-0.25, -0.2) is 0 Å². The fourth-order valence-electron chi connectivity index (χ4n) is 2.94. The molecule has 0 fully saturated rings. The van der Waals surface area contributed by atoms with Crippen LogP contribution in [0, 0.1) is 0 Å². The fourth-order valence-corrected chi connectivity index (χ4v) is 2.94. The van der Waals surface area contributed by atoms with Crippen molar-refractivity contribution in [1.29, 1.82) is 0 Å². The Bertz CT molecular complexity index is 562. The van der Waals surface area contributed by atoms with E-state index in [1.54, 1.807) is 0 Å². The highest BCUT2D eigenvalue weighted by molar-refractivity contribution is 5.47. The average Bonchev–Trinajstić information content (AvgIpc) is 2.95. The molecule has 0 aromatic heterocycles. The number of aliphatic hydroxyl groups excluding tert-OH is 1. The summed E-state index contributed by atoms with van der Waals surface area (Å²) in [6, 6.07) is 19.1. The molecule has 0 bridgehead atoms. The van der Waals surface area contributed by atoms with Gasteiger partial charge in [0, 0.05) is 0 Å². The normalized spacial score (nSPS) is 18.9. The second-order valence-corrected chi connectivity index (χ2v) is 5.20. The van der Waals surface area contributed by atoms with Crippen LogP contribution in [0.1, 0.15) is 24.0 Å². The molecule has 2 N–H and O–H groups in total. The third-order valence-electron chi connectivity index (χ3n) is 3.96. The lowest BCUT2D eigenvalue weighted by Gasteiger charge is -2.33. The molecule has 2 nitrogen and oxygen atoms in total. The maximum absolute atomic E-state index is 11.4.